The van der Waals surface area contributed by atoms with Crippen LogP contribution in [0.4, 0.5) is 0 Å². The normalized spacial score (nSPS) is 18.4. The van der Waals surface area contributed by atoms with E-state index in [4.69, 9.17) is 0 Å². The van der Waals surface area contributed by atoms with Crippen LogP contribution < -0.4 is 0 Å². The van der Waals surface area contributed by atoms with E-state index in [0.29, 0.717) is 0 Å². The van der Waals surface area contributed by atoms with Gasteiger partial charge in [0.1, 0.15) is 0 Å². The highest BCUT2D eigenvalue weighted by molar-refractivity contribution is 6.02. The summed E-state index contributed by atoms with van der Waals surface area (Å²) < 4.78 is 0. The van der Waals surface area contributed by atoms with Crippen molar-refractivity contribution in [1.82, 2.24) is 4.98 Å². The Kier molecular flexibility index (Phi) is 3.09. The van der Waals surface area contributed by atoms with Crippen molar-refractivity contribution in [3.63, 3.8) is 0 Å². The van der Waals surface area contributed by atoms with Crippen LogP contribution in [0.25, 0.3) is 10.9 Å². The molecular formula is C17H19NO. The highest BCUT2D eigenvalue weighted by Gasteiger charge is 2.35. The first-order chi connectivity index (χ1) is 9.19. The molecular weight excluding hydrogens is 234 g/mol. The first-order valence-electron chi connectivity index (χ1n) is 7.09. The highest BCUT2D eigenvalue weighted by Crippen LogP contribution is 2.38. The standard InChI is InChI=1S/C17H19NO/c1-17(9-5-2-6-10-17)16(19)14-11-13-7-3-4-8-15(13)18-12-14/h3-4,7-8,11-12H,2,5-6,9-10H2,1H3. The summed E-state index contributed by atoms with van der Waals surface area (Å²) >= 11 is 0. The zero-order chi connectivity index (χ0) is 13.3. The molecule has 0 saturated heterocycles. The summed E-state index contributed by atoms with van der Waals surface area (Å²) in [5.41, 5.74) is 1.54. The molecule has 0 radical (unpaired) electrons. The van der Waals surface area contributed by atoms with Gasteiger partial charge in [0.25, 0.3) is 0 Å². The van der Waals surface area contributed by atoms with E-state index in [-0.39, 0.29) is 11.2 Å². The second-order valence-corrected chi connectivity index (χ2v) is 5.87. The van der Waals surface area contributed by atoms with Crippen molar-refractivity contribution in [2.45, 2.75) is 39.0 Å². The lowest BCUT2D eigenvalue weighted by molar-refractivity contribution is 0.0749. The molecule has 0 amide bonds. The summed E-state index contributed by atoms with van der Waals surface area (Å²) in [6, 6.07) is 9.94. The summed E-state index contributed by atoms with van der Waals surface area (Å²) in [6.45, 7) is 2.11. The van der Waals surface area contributed by atoms with Crippen LogP contribution in [-0.2, 0) is 0 Å². The Morgan fingerprint density at radius 3 is 2.68 bits per heavy atom. The molecule has 1 saturated carbocycles. The Labute approximate surface area is 113 Å². The Morgan fingerprint density at radius 2 is 1.89 bits per heavy atom. The summed E-state index contributed by atoms with van der Waals surface area (Å²) in [4.78, 5) is 17.1. The Balaban J connectivity index is 1.97. The van der Waals surface area contributed by atoms with Crippen LogP contribution in [-0.4, -0.2) is 10.8 Å². The first-order valence-corrected chi connectivity index (χ1v) is 7.09. The molecule has 1 aromatic heterocycles. The molecule has 0 bridgehead atoms. The van der Waals surface area contributed by atoms with Gasteiger partial charge in [-0.2, -0.15) is 0 Å². The van der Waals surface area contributed by atoms with Gasteiger partial charge in [-0.25, -0.2) is 0 Å². The Morgan fingerprint density at radius 1 is 1.16 bits per heavy atom. The first kappa shape index (κ1) is 12.3. The predicted octanol–water partition coefficient (Wildman–Crippen LogP) is 4.39. The fraction of sp³-hybridized carbons (Fsp3) is 0.412. The largest absolute Gasteiger partial charge is 0.294 e. The number of carbonyl (C=O) groups is 1. The minimum absolute atomic E-state index is 0.178. The van der Waals surface area contributed by atoms with E-state index in [1.165, 1.54) is 19.3 Å². The lowest BCUT2D eigenvalue weighted by atomic mass is 9.71. The SMILES string of the molecule is CC1(C(=O)c2cnc3ccccc3c2)CCCCC1. The van der Waals surface area contributed by atoms with Gasteiger partial charge in [0.15, 0.2) is 5.78 Å². The lowest BCUT2D eigenvalue weighted by Gasteiger charge is -2.32. The maximum Gasteiger partial charge on any atom is 0.170 e. The van der Waals surface area contributed by atoms with Gasteiger partial charge >= 0.3 is 0 Å². The maximum absolute atomic E-state index is 12.7. The molecule has 2 aromatic rings. The van der Waals surface area contributed by atoms with Crippen molar-refractivity contribution in [2.24, 2.45) is 5.41 Å². The van der Waals surface area contributed by atoms with Crippen LogP contribution >= 0.6 is 0 Å². The van der Waals surface area contributed by atoms with Crippen LogP contribution in [0.1, 0.15) is 49.4 Å². The van der Waals surface area contributed by atoms with Gasteiger partial charge in [0.05, 0.1) is 5.52 Å². The monoisotopic (exact) mass is 253 g/mol. The molecule has 2 nitrogen and oxygen atoms in total. The van der Waals surface area contributed by atoms with Gasteiger partial charge in [-0.15, -0.1) is 0 Å². The van der Waals surface area contributed by atoms with Crippen molar-refractivity contribution < 1.29 is 4.79 Å². The Hall–Kier alpha value is -1.70. The minimum atomic E-state index is -0.178. The number of benzene rings is 1. The zero-order valence-corrected chi connectivity index (χ0v) is 11.4. The molecule has 1 aromatic carbocycles. The number of pyridine rings is 1. The molecule has 0 aliphatic heterocycles. The summed E-state index contributed by atoms with van der Waals surface area (Å²) in [5, 5.41) is 1.05. The van der Waals surface area contributed by atoms with Crippen molar-refractivity contribution in [1.29, 1.82) is 0 Å². The molecule has 98 valence electrons. The topological polar surface area (TPSA) is 30.0 Å². The molecule has 1 fully saturated rings. The van der Waals surface area contributed by atoms with Gasteiger partial charge in [0.2, 0.25) is 0 Å². The van der Waals surface area contributed by atoms with Crippen LogP contribution in [0.2, 0.25) is 0 Å². The molecule has 0 N–H and O–H groups in total. The number of nitrogens with zero attached hydrogens (tertiary/aromatic N) is 1. The smallest absolute Gasteiger partial charge is 0.170 e. The fourth-order valence-electron chi connectivity index (χ4n) is 3.10. The predicted molar refractivity (Wildman–Crippen MR) is 77.3 cm³/mol. The molecule has 19 heavy (non-hydrogen) atoms. The van der Waals surface area contributed by atoms with Gasteiger partial charge in [-0.05, 0) is 25.0 Å². The van der Waals surface area contributed by atoms with E-state index >= 15 is 0 Å². The molecule has 0 unspecified atom stereocenters. The van der Waals surface area contributed by atoms with E-state index in [1.807, 2.05) is 30.3 Å². The molecule has 0 atom stereocenters. The lowest BCUT2D eigenvalue weighted by Crippen LogP contribution is -2.30. The maximum atomic E-state index is 12.7. The molecule has 1 heterocycles. The van der Waals surface area contributed by atoms with Gasteiger partial charge in [0, 0.05) is 22.6 Å². The van der Waals surface area contributed by atoms with Crippen molar-refractivity contribution in [3.8, 4) is 0 Å². The molecule has 0 spiro atoms. The number of ketones is 1. The molecule has 1 aliphatic carbocycles. The van der Waals surface area contributed by atoms with Gasteiger partial charge in [-0.3, -0.25) is 9.78 Å². The summed E-state index contributed by atoms with van der Waals surface area (Å²) in [6.07, 6.45) is 7.37. The van der Waals surface area contributed by atoms with Crippen LogP contribution in [0, 0.1) is 5.41 Å². The number of fused-ring (bicyclic) bond motifs is 1. The number of carbonyl (C=O) groups excluding carboxylic acids is 1. The summed E-state index contributed by atoms with van der Waals surface area (Å²) in [5.74, 6) is 0.269. The van der Waals surface area contributed by atoms with E-state index in [1.54, 1.807) is 6.20 Å². The number of rotatable bonds is 2. The minimum Gasteiger partial charge on any atom is -0.294 e. The third-order valence-corrected chi connectivity index (χ3v) is 4.36. The number of para-hydroxylation sites is 1. The highest BCUT2D eigenvalue weighted by atomic mass is 16.1. The van der Waals surface area contributed by atoms with Crippen molar-refractivity contribution in [3.05, 3.63) is 42.1 Å². The molecule has 3 rings (SSSR count). The van der Waals surface area contributed by atoms with E-state index in [2.05, 4.69) is 11.9 Å². The van der Waals surface area contributed by atoms with E-state index in [0.717, 1.165) is 29.3 Å². The average Bonchev–Trinajstić information content (AvgIpc) is 2.47. The van der Waals surface area contributed by atoms with E-state index in [9.17, 15) is 4.79 Å². The van der Waals surface area contributed by atoms with Crippen LogP contribution in [0.5, 0.6) is 0 Å². The zero-order valence-electron chi connectivity index (χ0n) is 11.4. The van der Waals surface area contributed by atoms with Crippen molar-refractivity contribution in [2.75, 3.05) is 0 Å². The van der Waals surface area contributed by atoms with Crippen molar-refractivity contribution >= 4 is 16.7 Å². The number of hydrogen-bond acceptors (Lipinski definition) is 2. The Bertz CT molecular complexity index is 611. The average molecular weight is 253 g/mol. The van der Waals surface area contributed by atoms with Crippen LogP contribution in [0.15, 0.2) is 36.5 Å². The summed E-state index contributed by atoms with van der Waals surface area (Å²) in [7, 11) is 0. The van der Waals surface area contributed by atoms with Gasteiger partial charge in [-0.1, -0.05) is 44.4 Å². The molecule has 1 aliphatic rings. The van der Waals surface area contributed by atoms with Gasteiger partial charge < -0.3 is 0 Å². The third kappa shape index (κ3) is 2.27. The van der Waals surface area contributed by atoms with E-state index < -0.39 is 0 Å². The molecule has 2 heteroatoms. The second-order valence-electron chi connectivity index (χ2n) is 5.87. The second kappa shape index (κ2) is 4.76. The third-order valence-electron chi connectivity index (χ3n) is 4.36. The quantitative estimate of drug-likeness (QED) is 0.743. The number of aromatic nitrogens is 1. The van der Waals surface area contributed by atoms with Crippen LogP contribution in [0.3, 0.4) is 0 Å². The fourth-order valence-corrected chi connectivity index (χ4v) is 3.10. The number of Topliss-reactive ketones (excluding diaryl/α,β-unsaturated/α-hetero) is 1. The number of hydrogen-bond donors (Lipinski definition) is 0.